The zero-order chi connectivity index (χ0) is 23.4. The minimum Gasteiger partial charge on any atom is -0.450 e. The summed E-state index contributed by atoms with van der Waals surface area (Å²) in [6.45, 7) is 9.45. The maximum atomic E-state index is 12.0. The Bertz CT molecular complexity index is 922. The molecule has 6 nitrogen and oxygen atoms in total. The normalized spacial score (nSPS) is 22.7. The average Bonchev–Trinajstić information content (AvgIpc) is 3.16. The van der Waals surface area contributed by atoms with Gasteiger partial charge in [0.25, 0.3) is 0 Å². The molecule has 0 spiro atoms. The number of aromatic nitrogens is 1. The molecule has 1 amide bonds. The number of aliphatic hydroxyl groups is 1. The van der Waals surface area contributed by atoms with Crippen molar-refractivity contribution in [3.05, 3.63) is 35.5 Å². The van der Waals surface area contributed by atoms with E-state index < -0.39 is 6.09 Å². The Morgan fingerprint density at radius 1 is 1.09 bits per heavy atom. The molecule has 0 atom stereocenters. The molecule has 2 fully saturated rings. The SMILES string of the molecule is CCOC(=O)NCc1c(CO)c2ccccc2n1C1CCN([C@H]2CC[C@@H](C(C)C)CC2)CC1. The number of hydrogen-bond donors (Lipinski definition) is 2. The summed E-state index contributed by atoms with van der Waals surface area (Å²) in [4.78, 5) is 14.7. The second-order valence-corrected chi connectivity index (χ2v) is 10.1. The van der Waals surface area contributed by atoms with Crippen molar-refractivity contribution in [3.63, 3.8) is 0 Å². The van der Waals surface area contributed by atoms with Crippen LogP contribution in [0.5, 0.6) is 0 Å². The van der Waals surface area contributed by atoms with Crippen LogP contribution in [0.3, 0.4) is 0 Å². The molecule has 1 aliphatic carbocycles. The molecular weight excluding hydrogens is 414 g/mol. The van der Waals surface area contributed by atoms with Crippen molar-refractivity contribution in [2.45, 2.75) is 84.5 Å². The summed E-state index contributed by atoms with van der Waals surface area (Å²) in [5, 5.41) is 14.2. The van der Waals surface area contributed by atoms with Gasteiger partial charge >= 0.3 is 6.09 Å². The lowest BCUT2D eigenvalue weighted by Crippen LogP contribution is -2.44. The standard InChI is InChI=1S/C27H41N3O3/c1-4-33-27(32)28-17-26-24(18-31)23-7-5-6-8-25(23)30(26)22-13-15-29(16-14-22)21-11-9-20(10-12-21)19(2)3/h5-8,19-22,31H,4,9-18H2,1-3H3,(H,28,32)/t20-,21+. The molecule has 1 saturated heterocycles. The summed E-state index contributed by atoms with van der Waals surface area (Å²) in [5.74, 6) is 1.71. The zero-order valence-corrected chi connectivity index (χ0v) is 20.6. The van der Waals surface area contributed by atoms with Crippen molar-refractivity contribution in [1.82, 2.24) is 14.8 Å². The molecule has 0 bridgehead atoms. The van der Waals surface area contributed by atoms with Gasteiger partial charge in [0.1, 0.15) is 0 Å². The molecule has 4 rings (SSSR count). The van der Waals surface area contributed by atoms with Gasteiger partial charge < -0.3 is 24.6 Å². The molecule has 0 radical (unpaired) electrons. The summed E-state index contributed by atoms with van der Waals surface area (Å²) in [5.41, 5.74) is 3.07. The highest BCUT2D eigenvalue weighted by Crippen LogP contribution is 2.37. The van der Waals surface area contributed by atoms with Crippen molar-refractivity contribution < 1.29 is 14.6 Å². The quantitative estimate of drug-likeness (QED) is 0.600. The molecule has 182 valence electrons. The van der Waals surface area contributed by atoms with Gasteiger partial charge in [-0.05, 0) is 63.4 Å². The number of nitrogens with zero attached hydrogens (tertiary/aromatic N) is 2. The monoisotopic (exact) mass is 455 g/mol. The first-order chi connectivity index (χ1) is 16.0. The lowest BCUT2D eigenvalue weighted by Gasteiger charge is -2.42. The molecule has 2 aromatic rings. The van der Waals surface area contributed by atoms with E-state index in [9.17, 15) is 9.90 Å². The highest BCUT2D eigenvalue weighted by atomic mass is 16.5. The number of benzene rings is 1. The number of amides is 1. The number of para-hydroxylation sites is 1. The molecule has 2 aliphatic rings. The van der Waals surface area contributed by atoms with Gasteiger partial charge in [0.2, 0.25) is 0 Å². The smallest absolute Gasteiger partial charge is 0.407 e. The first-order valence-corrected chi connectivity index (χ1v) is 12.9. The van der Waals surface area contributed by atoms with Crippen molar-refractivity contribution >= 4 is 17.0 Å². The Hall–Kier alpha value is -2.05. The van der Waals surface area contributed by atoms with E-state index in [-0.39, 0.29) is 6.61 Å². The van der Waals surface area contributed by atoms with Crippen LogP contribution in [0, 0.1) is 11.8 Å². The number of alkyl carbamates (subject to hydrolysis) is 1. The molecule has 1 saturated carbocycles. The molecule has 1 aromatic carbocycles. The number of nitrogens with one attached hydrogen (secondary N) is 1. The van der Waals surface area contributed by atoms with Crippen LogP contribution in [0.4, 0.5) is 4.79 Å². The number of aliphatic hydroxyl groups excluding tert-OH is 1. The molecule has 1 aliphatic heterocycles. The fraction of sp³-hybridized carbons (Fsp3) is 0.667. The summed E-state index contributed by atoms with van der Waals surface area (Å²) in [6, 6.07) is 9.41. The van der Waals surface area contributed by atoms with Gasteiger partial charge in [-0.1, -0.05) is 32.0 Å². The third-order valence-corrected chi connectivity index (χ3v) is 8.03. The molecule has 33 heavy (non-hydrogen) atoms. The summed E-state index contributed by atoms with van der Waals surface area (Å²) in [7, 11) is 0. The number of fused-ring (bicyclic) bond motifs is 1. The number of piperidine rings is 1. The van der Waals surface area contributed by atoms with Crippen LogP contribution >= 0.6 is 0 Å². The minimum atomic E-state index is -0.412. The van der Waals surface area contributed by atoms with E-state index in [1.807, 2.05) is 6.07 Å². The highest BCUT2D eigenvalue weighted by molar-refractivity contribution is 5.86. The molecule has 0 unspecified atom stereocenters. The van der Waals surface area contributed by atoms with E-state index >= 15 is 0 Å². The first-order valence-electron chi connectivity index (χ1n) is 12.9. The fourth-order valence-electron chi connectivity index (χ4n) is 6.15. The van der Waals surface area contributed by atoms with Gasteiger partial charge in [-0.15, -0.1) is 0 Å². The minimum absolute atomic E-state index is 0.0364. The summed E-state index contributed by atoms with van der Waals surface area (Å²) >= 11 is 0. The maximum Gasteiger partial charge on any atom is 0.407 e. The second-order valence-electron chi connectivity index (χ2n) is 10.1. The Morgan fingerprint density at radius 2 is 1.79 bits per heavy atom. The van der Waals surface area contributed by atoms with Crippen LogP contribution in [0.1, 0.15) is 76.6 Å². The number of likely N-dealkylation sites (tertiary alicyclic amines) is 1. The topological polar surface area (TPSA) is 66.7 Å². The van der Waals surface area contributed by atoms with Gasteiger partial charge in [0, 0.05) is 47.3 Å². The fourth-order valence-corrected chi connectivity index (χ4v) is 6.15. The average molecular weight is 456 g/mol. The number of ether oxygens (including phenoxy) is 1. The van der Waals surface area contributed by atoms with Crippen LogP contribution < -0.4 is 5.32 Å². The van der Waals surface area contributed by atoms with E-state index in [1.165, 1.54) is 25.7 Å². The molecule has 2 N–H and O–H groups in total. The third-order valence-electron chi connectivity index (χ3n) is 8.03. The van der Waals surface area contributed by atoms with Crippen molar-refractivity contribution in [3.8, 4) is 0 Å². The predicted molar refractivity (Wildman–Crippen MR) is 132 cm³/mol. The lowest BCUT2D eigenvalue weighted by atomic mass is 9.79. The summed E-state index contributed by atoms with van der Waals surface area (Å²) in [6.07, 6.45) is 7.19. The van der Waals surface area contributed by atoms with Gasteiger partial charge in [0.15, 0.2) is 0 Å². The molecule has 1 aromatic heterocycles. The number of hydrogen-bond acceptors (Lipinski definition) is 4. The van der Waals surface area contributed by atoms with E-state index in [1.54, 1.807) is 6.92 Å². The number of carbonyl (C=O) groups excluding carboxylic acids is 1. The van der Waals surface area contributed by atoms with E-state index in [0.29, 0.717) is 19.2 Å². The van der Waals surface area contributed by atoms with Gasteiger partial charge in [-0.25, -0.2) is 4.79 Å². The highest BCUT2D eigenvalue weighted by Gasteiger charge is 2.31. The first kappa shape index (κ1) is 24.1. The Labute approximate surface area is 198 Å². The second kappa shape index (κ2) is 10.9. The lowest BCUT2D eigenvalue weighted by molar-refractivity contribution is 0.0887. The molecule has 6 heteroatoms. The third kappa shape index (κ3) is 5.22. The molecule has 2 heterocycles. The van der Waals surface area contributed by atoms with E-state index in [0.717, 1.165) is 66.0 Å². The van der Waals surface area contributed by atoms with Gasteiger partial charge in [-0.2, -0.15) is 0 Å². The maximum absolute atomic E-state index is 12.0. The van der Waals surface area contributed by atoms with Crippen LogP contribution in [0.2, 0.25) is 0 Å². The summed E-state index contributed by atoms with van der Waals surface area (Å²) < 4.78 is 7.46. The largest absolute Gasteiger partial charge is 0.450 e. The van der Waals surface area contributed by atoms with Gasteiger partial charge in [-0.3, -0.25) is 0 Å². The van der Waals surface area contributed by atoms with Crippen molar-refractivity contribution in [2.24, 2.45) is 11.8 Å². The van der Waals surface area contributed by atoms with E-state index in [4.69, 9.17) is 4.74 Å². The Morgan fingerprint density at radius 3 is 2.42 bits per heavy atom. The number of carbonyl (C=O) groups is 1. The van der Waals surface area contributed by atoms with Crippen LogP contribution in [-0.4, -0.2) is 46.4 Å². The van der Waals surface area contributed by atoms with Crippen LogP contribution in [0.15, 0.2) is 24.3 Å². The predicted octanol–water partition coefficient (Wildman–Crippen LogP) is 5.23. The van der Waals surface area contributed by atoms with Gasteiger partial charge in [0.05, 0.1) is 19.8 Å². The van der Waals surface area contributed by atoms with Crippen LogP contribution in [0.25, 0.3) is 10.9 Å². The van der Waals surface area contributed by atoms with Crippen LogP contribution in [-0.2, 0) is 17.9 Å². The van der Waals surface area contributed by atoms with Crippen molar-refractivity contribution in [1.29, 1.82) is 0 Å². The number of rotatable bonds is 7. The van der Waals surface area contributed by atoms with Crippen molar-refractivity contribution in [2.75, 3.05) is 19.7 Å². The molecular formula is C27H41N3O3. The Kier molecular flexibility index (Phi) is 7.97. The van der Waals surface area contributed by atoms with E-state index in [2.05, 4.69) is 46.8 Å². The Balaban J connectivity index is 1.50. The zero-order valence-electron chi connectivity index (χ0n) is 20.6.